The molecule has 0 saturated heterocycles. The van der Waals surface area contributed by atoms with Crippen LogP contribution in [-0.2, 0) is 0 Å². The number of imidazole rings is 1. The first kappa shape index (κ1) is 13.0. The molecule has 19 heavy (non-hydrogen) atoms. The molecule has 1 aromatic carbocycles. The maximum Gasteiger partial charge on any atom is 0.127 e. The third kappa shape index (κ3) is 2.16. The Morgan fingerprint density at radius 3 is 2.63 bits per heavy atom. The van der Waals surface area contributed by atoms with E-state index in [9.17, 15) is 0 Å². The number of fused-ring (bicyclic) bond motifs is 1. The summed E-state index contributed by atoms with van der Waals surface area (Å²) in [6.45, 7) is 6.46. The third-order valence-electron chi connectivity index (χ3n) is 4.47. The second-order valence-corrected chi connectivity index (χ2v) is 6.53. The number of hydrogen-bond acceptors (Lipinski definition) is 1. The average Bonchev–Trinajstić information content (AvgIpc) is 2.64. The highest BCUT2D eigenvalue weighted by Crippen LogP contribution is 2.39. The number of hydrogen-bond donors (Lipinski definition) is 0. The van der Waals surface area contributed by atoms with Crippen LogP contribution in [0.25, 0.3) is 11.0 Å². The van der Waals surface area contributed by atoms with Gasteiger partial charge in [0.15, 0.2) is 0 Å². The number of alkyl halides is 1. The predicted molar refractivity (Wildman–Crippen MR) is 80.8 cm³/mol. The first-order chi connectivity index (χ1) is 9.08. The lowest BCUT2D eigenvalue weighted by Gasteiger charge is -2.33. The monoisotopic (exact) mass is 276 g/mol. The third-order valence-corrected chi connectivity index (χ3v) is 4.66. The summed E-state index contributed by atoms with van der Waals surface area (Å²) >= 11 is 6.35. The Bertz CT molecular complexity index is 596. The topological polar surface area (TPSA) is 17.8 Å². The summed E-state index contributed by atoms with van der Waals surface area (Å²) < 4.78 is 2.38. The van der Waals surface area contributed by atoms with Crippen LogP contribution in [0.3, 0.4) is 0 Å². The largest absolute Gasteiger partial charge is 0.324 e. The molecule has 2 nitrogen and oxygen atoms in total. The number of nitrogens with zero attached hydrogens (tertiary/aromatic N) is 2. The molecule has 3 heteroatoms. The zero-order chi connectivity index (χ0) is 13.6. The molecular weight excluding hydrogens is 256 g/mol. The Kier molecular flexibility index (Phi) is 3.30. The highest BCUT2D eigenvalue weighted by Gasteiger charge is 2.28. The van der Waals surface area contributed by atoms with Gasteiger partial charge in [-0.15, -0.1) is 11.6 Å². The summed E-state index contributed by atoms with van der Waals surface area (Å²) in [4.78, 5) is 4.75. The summed E-state index contributed by atoms with van der Waals surface area (Å²) in [5.41, 5.74) is 3.59. The molecule has 2 unspecified atom stereocenters. The van der Waals surface area contributed by atoms with Crippen LogP contribution in [-0.4, -0.2) is 9.55 Å². The quantitative estimate of drug-likeness (QED) is 0.721. The first-order valence-electron chi connectivity index (χ1n) is 7.20. The van der Waals surface area contributed by atoms with Gasteiger partial charge in [0.1, 0.15) is 5.82 Å². The van der Waals surface area contributed by atoms with Crippen molar-refractivity contribution in [2.75, 3.05) is 0 Å². The minimum Gasteiger partial charge on any atom is -0.324 e. The summed E-state index contributed by atoms with van der Waals surface area (Å²) in [5.74, 6) is 1.80. The van der Waals surface area contributed by atoms with Crippen molar-refractivity contribution in [1.29, 1.82) is 0 Å². The molecule has 1 heterocycles. The molecule has 2 atom stereocenters. The van der Waals surface area contributed by atoms with E-state index in [1.54, 1.807) is 0 Å². The van der Waals surface area contributed by atoms with E-state index < -0.39 is 0 Å². The highest BCUT2D eigenvalue weighted by atomic mass is 35.5. The van der Waals surface area contributed by atoms with E-state index in [0.29, 0.717) is 6.04 Å². The maximum absolute atomic E-state index is 6.35. The number of aryl methyl sites for hydroxylation is 1. The Hall–Kier alpha value is -1.02. The summed E-state index contributed by atoms with van der Waals surface area (Å²) in [6, 6.07) is 6.96. The Morgan fingerprint density at radius 2 is 2.05 bits per heavy atom. The smallest absolute Gasteiger partial charge is 0.127 e. The van der Waals surface area contributed by atoms with Gasteiger partial charge in [0, 0.05) is 6.04 Å². The van der Waals surface area contributed by atoms with E-state index in [0.717, 1.165) is 17.3 Å². The van der Waals surface area contributed by atoms with Crippen molar-refractivity contribution >= 4 is 22.6 Å². The Balaban J connectivity index is 2.17. The van der Waals surface area contributed by atoms with Gasteiger partial charge in [0.2, 0.25) is 0 Å². The number of benzene rings is 1. The van der Waals surface area contributed by atoms with E-state index in [4.69, 9.17) is 16.6 Å². The van der Waals surface area contributed by atoms with E-state index in [2.05, 4.69) is 36.6 Å². The predicted octanol–water partition coefficient (Wildman–Crippen LogP) is 5.01. The van der Waals surface area contributed by atoms with Crippen LogP contribution in [0.1, 0.15) is 55.9 Å². The first-order valence-corrected chi connectivity index (χ1v) is 7.64. The lowest BCUT2D eigenvalue weighted by molar-refractivity contribution is 0.223. The molecule has 0 aliphatic heterocycles. The van der Waals surface area contributed by atoms with Crippen molar-refractivity contribution in [2.24, 2.45) is 5.92 Å². The van der Waals surface area contributed by atoms with Crippen LogP contribution in [0, 0.1) is 12.8 Å². The number of aromatic nitrogens is 2. The van der Waals surface area contributed by atoms with Gasteiger partial charge in [-0.2, -0.15) is 0 Å². The lowest BCUT2D eigenvalue weighted by atomic mass is 9.80. The zero-order valence-electron chi connectivity index (χ0n) is 11.9. The second kappa shape index (κ2) is 4.82. The number of halogens is 1. The highest BCUT2D eigenvalue weighted by molar-refractivity contribution is 6.20. The van der Waals surface area contributed by atoms with Crippen LogP contribution in [0.2, 0.25) is 0 Å². The van der Waals surface area contributed by atoms with Gasteiger partial charge >= 0.3 is 0 Å². The molecule has 0 N–H and O–H groups in total. The Morgan fingerprint density at radius 1 is 1.32 bits per heavy atom. The van der Waals surface area contributed by atoms with Crippen molar-refractivity contribution in [3.63, 3.8) is 0 Å². The standard InChI is InChI=1S/C16H21ClN2/c1-10-7-8-14-15(9-10)19(16(18-14)11(2)17)12(3)13-5-4-6-13/h7-9,11-13H,4-6H2,1-3H3. The molecule has 1 aromatic heterocycles. The van der Waals surface area contributed by atoms with E-state index in [-0.39, 0.29) is 5.38 Å². The molecule has 102 valence electrons. The van der Waals surface area contributed by atoms with Crippen LogP contribution < -0.4 is 0 Å². The van der Waals surface area contributed by atoms with Crippen LogP contribution in [0.4, 0.5) is 0 Å². The van der Waals surface area contributed by atoms with E-state index in [1.165, 1.54) is 30.3 Å². The molecular formula is C16H21ClN2. The average molecular weight is 277 g/mol. The fraction of sp³-hybridized carbons (Fsp3) is 0.562. The van der Waals surface area contributed by atoms with Gasteiger partial charge in [-0.25, -0.2) is 4.98 Å². The minimum absolute atomic E-state index is 0.0461. The summed E-state index contributed by atoms with van der Waals surface area (Å²) in [7, 11) is 0. The van der Waals surface area contributed by atoms with Gasteiger partial charge in [-0.1, -0.05) is 12.5 Å². The zero-order valence-corrected chi connectivity index (χ0v) is 12.6. The van der Waals surface area contributed by atoms with Crippen molar-refractivity contribution < 1.29 is 0 Å². The van der Waals surface area contributed by atoms with Gasteiger partial charge in [-0.05, 0) is 57.2 Å². The van der Waals surface area contributed by atoms with Crippen LogP contribution in [0.15, 0.2) is 18.2 Å². The lowest BCUT2D eigenvalue weighted by Crippen LogP contribution is -2.24. The SMILES string of the molecule is Cc1ccc2nc(C(C)Cl)n(C(C)C3CCC3)c2c1. The van der Waals surface area contributed by atoms with Gasteiger partial charge in [0.25, 0.3) is 0 Å². The van der Waals surface area contributed by atoms with Crippen LogP contribution in [0.5, 0.6) is 0 Å². The van der Waals surface area contributed by atoms with Gasteiger partial charge < -0.3 is 4.57 Å². The molecule has 0 bridgehead atoms. The minimum atomic E-state index is -0.0461. The fourth-order valence-electron chi connectivity index (χ4n) is 3.06. The second-order valence-electron chi connectivity index (χ2n) is 5.88. The molecule has 2 aromatic rings. The molecule has 0 radical (unpaired) electrons. The molecule has 0 amide bonds. The maximum atomic E-state index is 6.35. The normalized spacial score (nSPS) is 19.4. The molecule has 1 fully saturated rings. The van der Waals surface area contributed by atoms with Gasteiger partial charge in [0.05, 0.1) is 16.4 Å². The summed E-state index contributed by atoms with van der Waals surface area (Å²) in [5, 5.41) is -0.0461. The van der Waals surface area contributed by atoms with Crippen molar-refractivity contribution in [2.45, 2.75) is 51.5 Å². The number of rotatable bonds is 3. The van der Waals surface area contributed by atoms with Crippen molar-refractivity contribution in [3.05, 3.63) is 29.6 Å². The molecule has 1 aliphatic carbocycles. The Labute approximate surface area is 119 Å². The fourth-order valence-corrected chi connectivity index (χ4v) is 3.22. The molecule has 3 rings (SSSR count). The van der Waals surface area contributed by atoms with E-state index in [1.807, 2.05) is 6.92 Å². The van der Waals surface area contributed by atoms with Gasteiger partial charge in [-0.3, -0.25) is 0 Å². The van der Waals surface area contributed by atoms with Crippen molar-refractivity contribution in [1.82, 2.24) is 9.55 Å². The molecule has 1 saturated carbocycles. The molecule has 1 aliphatic rings. The molecule has 0 spiro atoms. The van der Waals surface area contributed by atoms with Crippen molar-refractivity contribution in [3.8, 4) is 0 Å². The van der Waals surface area contributed by atoms with Crippen LogP contribution >= 0.6 is 11.6 Å². The van der Waals surface area contributed by atoms with E-state index >= 15 is 0 Å². The summed E-state index contributed by atoms with van der Waals surface area (Å²) in [6.07, 6.45) is 4.04.